The molecule has 0 aromatic carbocycles. The number of morpholine rings is 1. The van der Waals surface area contributed by atoms with Crippen molar-refractivity contribution in [3.63, 3.8) is 0 Å². The minimum Gasteiger partial charge on any atom is -0.368 e. The van der Waals surface area contributed by atoms with Crippen LogP contribution in [-0.2, 0) is 17.7 Å². The molecule has 1 saturated heterocycles. The molecule has 3 aromatic rings. The Morgan fingerprint density at radius 3 is 2.80 bits per heavy atom. The van der Waals surface area contributed by atoms with Gasteiger partial charge in [-0.05, 0) is 32.9 Å². The Morgan fingerprint density at radius 2 is 2.07 bits per heavy atom. The minimum atomic E-state index is -0.283. The number of pyridine rings is 1. The fourth-order valence-electron chi connectivity index (χ4n) is 3.83. The molecule has 0 spiro atoms. The highest BCUT2D eigenvalue weighted by atomic mass is 16.5. The van der Waals surface area contributed by atoms with Crippen LogP contribution < -0.4 is 0 Å². The summed E-state index contributed by atoms with van der Waals surface area (Å²) in [4.78, 5) is 19.7. The minimum absolute atomic E-state index is 0.0141. The van der Waals surface area contributed by atoms with Crippen LogP contribution in [0.25, 0.3) is 11.3 Å². The number of aromatic nitrogens is 4. The molecule has 0 saturated carbocycles. The zero-order chi connectivity index (χ0) is 21.3. The summed E-state index contributed by atoms with van der Waals surface area (Å²) in [6.07, 6.45) is 2.28. The summed E-state index contributed by atoms with van der Waals surface area (Å²) in [5, 5.41) is 8.48. The molecule has 1 aliphatic heterocycles. The van der Waals surface area contributed by atoms with Crippen molar-refractivity contribution in [2.45, 2.75) is 46.8 Å². The summed E-state index contributed by atoms with van der Waals surface area (Å²) in [6, 6.07) is 5.86. The van der Waals surface area contributed by atoms with Gasteiger partial charge in [-0.25, -0.2) is 4.98 Å². The zero-order valence-corrected chi connectivity index (χ0v) is 17.9. The molecule has 0 bridgehead atoms. The third-order valence-electron chi connectivity index (χ3n) is 5.47. The molecule has 1 amide bonds. The second-order valence-corrected chi connectivity index (χ2v) is 7.46. The molecular weight excluding hydrogens is 382 g/mol. The Labute approximate surface area is 175 Å². The van der Waals surface area contributed by atoms with E-state index in [2.05, 4.69) is 10.3 Å². The molecule has 8 nitrogen and oxygen atoms in total. The van der Waals surface area contributed by atoms with Crippen LogP contribution in [0.3, 0.4) is 0 Å². The molecule has 1 atom stereocenters. The van der Waals surface area contributed by atoms with Gasteiger partial charge in [-0.15, -0.1) is 0 Å². The van der Waals surface area contributed by atoms with Crippen LogP contribution in [0.2, 0.25) is 0 Å². The van der Waals surface area contributed by atoms with Gasteiger partial charge in [0.2, 0.25) is 0 Å². The van der Waals surface area contributed by atoms with Crippen molar-refractivity contribution < 1.29 is 14.1 Å². The number of rotatable bonds is 5. The fraction of sp³-hybridized carbons (Fsp3) is 0.455. The summed E-state index contributed by atoms with van der Waals surface area (Å²) in [5.74, 6) is 0.807. The van der Waals surface area contributed by atoms with Crippen LogP contribution in [0.1, 0.15) is 53.2 Å². The van der Waals surface area contributed by atoms with E-state index >= 15 is 0 Å². The van der Waals surface area contributed by atoms with Gasteiger partial charge in [0.1, 0.15) is 11.9 Å². The predicted octanol–water partition coefficient (Wildman–Crippen LogP) is 3.35. The predicted molar refractivity (Wildman–Crippen MR) is 111 cm³/mol. The first-order valence-corrected chi connectivity index (χ1v) is 10.4. The Bertz CT molecular complexity index is 1050. The quantitative estimate of drug-likeness (QED) is 0.642. The van der Waals surface area contributed by atoms with Crippen LogP contribution in [0.5, 0.6) is 0 Å². The normalized spacial score (nSPS) is 16.8. The van der Waals surface area contributed by atoms with Crippen molar-refractivity contribution >= 4 is 5.91 Å². The van der Waals surface area contributed by atoms with E-state index in [9.17, 15) is 4.79 Å². The lowest BCUT2D eigenvalue weighted by Crippen LogP contribution is -2.42. The number of hydrogen-bond acceptors (Lipinski definition) is 6. The first kappa shape index (κ1) is 20.3. The van der Waals surface area contributed by atoms with E-state index in [-0.39, 0.29) is 12.0 Å². The molecule has 1 fully saturated rings. The highest BCUT2D eigenvalue weighted by molar-refractivity contribution is 5.95. The summed E-state index contributed by atoms with van der Waals surface area (Å²) < 4.78 is 13.2. The van der Waals surface area contributed by atoms with E-state index in [1.54, 1.807) is 4.68 Å². The smallest absolute Gasteiger partial charge is 0.257 e. The summed E-state index contributed by atoms with van der Waals surface area (Å²) in [6.45, 7) is 10.0. The maximum Gasteiger partial charge on any atom is 0.257 e. The first-order valence-electron chi connectivity index (χ1n) is 10.4. The van der Waals surface area contributed by atoms with Crippen LogP contribution in [0.15, 0.2) is 28.9 Å². The Hall–Kier alpha value is -3.00. The first-order chi connectivity index (χ1) is 14.5. The van der Waals surface area contributed by atoms with Crippen molar-refractivity contribution in [3.05, 3.63) is 52.8 Å². The fourth-order valence-corrected chi connectivity index (χ4v) is 3.83. The molecule has 4 heterocycles. The van der Waals surface area contributed by atoms with Gasteiger partial charge >= 0.3 is 0 Å². The highest BCUT2D eigenvalue weighted by Gasteiger charge is 2.29. The number of carbonyl (C=O) groups is 1. The van der Waals surface area contributed by atoms with Gasteiger partial charge in [0.05, 0.1) is 47.1 Å². The van der Waals surface area contributed by atoms with Crippen LogP contribution in [0.4, 0.5) is 0 Å². The molecule has 0 unspecified atom stereocenters. The van der Waals surface area contributed by atoms with E-state index in [4.69, 9.17) is 14.2 Å². The number of carbonyl (C=O) groups excluding carboxylic acids is 1. The topological polar surface area (TPSA) is 86.3 Å². The van der Waals surface area contributed by atoms with Crippen molar-refractivity contribution in [3.8, 4) is 11.3 Å². The molecular formula is C22H27N5O3. The Morgan fingerprint density at radius 1 is 1.23 bits per heavy atom. The Balaban J connectivity index is 1.57. The van der Waals surface area contributed by atoms with Gasteiger partial charge in [-0.2, -0.15) is 5.10 Å². The number of aryl methyl sites for hydroxylation is 4. The highest BCUT2D eigenvalue weighted by Crippen LogP contribution is 2.29. The van der Waals surface area contributed by atoms with Gasteiger partial charge in [-0.1, -0.05) is 18.1 Å². The molecule has 158 valence electrons. The lowest BCUT2D eigenvalue weighted by Gasteiger charge is -2.32. The lowest BCUT2D eigenvalue weighted by atomic mass is 10.1. The van der Waals surface area contributed by atoms with Crippen molar-refractivity contribution in [2.24, 2.45) is 0 Å². The summed E-state index contributed by atoms with van der Waals surface area (Å²) >= 11 is 0. The van der Waals surface area contributed by atoms with Gasteiger partial charge in [0, 0.05) is 25.7 Å². The molecule has 0 radical (unpaired) electrons. The summed E-state index contributed by atoms with van der Waals surface area (Å²) in [7, 11) is 0. The number of hydrogen-bond donors (Lipinski definition) is 0. The average molecular weight is 409 g/mol. The van der Waals surface area contributed by atoms with E-state index in [0.29, 0.717) is 25.3 Å². The molecule has 30 heavy (non-hydrogen) atoms. The standard InChI is InChI=1S/C22H27N5O3/c1-5-19-21(15(4)25-30-19)18-9-7-8-17(23-18)20-13-26(10-11-29-20)22(28)16-12-27(6-2)24-14(16)3/h7-9,12,20H,5-6,10-11,13H2,1-4H3/t20-/m0/s1. The average Bonchev–Trinajstić information content (AvgIpc) is 3.35. The van der Waals surface area contributed by atoms with Crippen LogP contribution in [0, 0.1) is 13.8 Å². The molecule has 8 heteroatoms. The SMILES string of the molecule is CCc1onc(C)c1-c1cccc([C@@H]2CN(C(=O)c3cn(CC)nc3C)CCO2)n1. The monoisotopic (exact) mass is 409 g/mol. The van der Waals surface area contributed by atoms with Crippen molar-refractivity contribution in [1.82, 2.24) is 24.8 Å². The molecule has 1 aliphatic rings. The van der Waals surface area contributed by atoms with Crippen LogP contribution >= 0.6 is 0 Å². The number of ether oxygens (including phenoxy) is 1. The Kier molecular flexibility index (Phi) is 5.67. The van der Waals surface area contributed by atoms with Gasteiger partial charge in [-0.3, -0.25) is 9.48 Å². The third kappa shape index (κ3) is 3.75. The maximum atomic E-state index is 13.1. The van der Waals surface area contributed by atoms with Crippen LogP contribution in [-0.4, -0.2) is 50.4 Å². The molecule has 0 N–H and O–H groups in total. The van der Waals surface area contributed by atoms with Gasteiger partial charge in [0.15, 0.2) is 0 Å². The second kappa shape index (κ2) is 8.39. The third-order valence-corrected chi connectivity index (χ3v) is 5.47. The van der Waals surface area contributed by atoms with Gasteiger partial charge in [0.25, 0.3) is 5.91 Å². The van der Waals surface area contributed by atoms with E-state index in [0.717, 1.165) is 47.1 Å². The molecule has 0 aliphatic carbocycles. The largest absolute Gasteiger partial charge is 0.368 e. The van der Waals surface area contributed by atoms with E-state index < -0.39 is 0 Å². The lowest BCUT2D eigenvalue weighted by molar-refractivity contribution is -0.0247. The van der Waals surface area contributed by atoms with Crippen molar-refractivity contribution in [1.29, 1.82) is 0 Å². The number of nitrogens with zero attached hydrogens (tertiary/aromatic N) is 5. The molecule has 4 rings (SSSR count). The van der Waals surface area contributed by atoms with Gasteiger partial charge < -0.3 is 14.2 Å². The van der Waals surface area contributed by atoms with Crippen molar-refractivity contribution in [2.75, 3.05) is 19.7 Å². The van der Waals surface area contributed by atoms with E-state index in [1.165, 1.54) is 0 Å². The summed E-state index contributed by atoms with van der Waals surface area (Å²) in [5.41, 5.74) is 4.77. The van der Waals surface area contributed by atoms with E-state index in [1.807, 2.05) is 57.0 Å². The molecule has 3 aromatic heterocycles. The number of amides is 1. The maximum absolute atomic E-state index is 13.1. The second-order valence-electron chi connectivity index (χ2n) is 7.46. The zero-order valence-electron chi connectivity index (χ0n) is 17.9.